The van der Waals surface area contributed by atoms with Gasteiger partial charge in [-0.2, -0.15) is 5.23 Å². The van der Waals surface area contributed by atoms with Crippen molar-refractivity contribution in [2.45, 2.75) is 37.8 Å². The second kappa shape index (κ2) is 9.33. The molecular weight excluding hydrogens is 496 g/mol. The number of hydrogen-bond donors (Lipinski definition) is 4. The largest absolute Gasteiger partial charge is 0.595 e. The summed E-state index contributed by atoms with van der Waals surface area (Å²) in [5, 5.41) is 23.5. The number of nitrogens with one attached hydrogen (secondary N) is 3. The fraction of sp³-hybridized carbons (Fsp3) is 0.345. The summed E-state index contributed by atoms with van der Waals surface area (Å²) in [4.78, 5) is 36.7. The topological polar surface area (TPSA) is 131 Å². The third-order valence-corrected chi connectivity index (χ3v) is 8.69. The highest BCUT2D eigenvalue weighted by molar-refractivity contribution is 5.82. The van der Waals surface area contributed by atoms with Gasteiger partial charge in [-0.3, -0.25) is 9.59 Å². The molecule has 3 aliphatic heterocycles. The van der Waals surface area contributed by atoms with Crippen molar-refractivity contribution in [2.75, 3.05) is 18.0 Å². The van der Waals surface area contributed by atoms with E-state index in [-0.39, 0.29) is 40.9 Å². The molecule has 10 nitrogen and oxygen atoms in total. The molecule has 1 saturated heterocycles. The molecule has 10 heteroatoms. The monoisotopic (exact) mass is 526 g/mol. The number of anilines is 1. The number of imidazole rings is 1. The Labute approximate surface area is 224 Å². The number of amides is 1. The van der Waals surface area contributed by atoms with E-state index in [0.717, 1.165) is 40.2 Å². The van der Waals surface area contributed by atoms with Gasteiger partial charge in [0, 0.05) is 67.6 Å². The van der Waals surface area contributed by atoms with Gasteiger partial charge in [-0.15, -0.1) is 0 Å². The number of rotatable bonds is 5. The minimum Gasteiger partial charge on any atom is -0.595 e. The van der Waals surface area contributed by atoms with Crippen LogP contribution < -0.4 is 21.0 Å². The fourth-order valence-corrected chi connectivity index (χ4v) is 7.04. The van der Waals surface area contributed by atoms with Gasteiger partial charge in [0.05, 0.1) is 17.0 Å². The Bertz CT molecular complexity index is 1590. The molecule has 2 bridgehead atoms. The van der Waals surface area contributed by atoms with Crippen LogP contribution in [0.2, 0.25) is 0 Å². The van der Waals surface area contributed by atoms with Gasteiger partial charge in [0.1, 0.15) is 5.82 Å². The highest BCUT2D eigenvalue weighted by Gasteiger charge is 2.49. The predicted molar refractivity (Wildman–Crippen MR) is 145 cm³/mol. The van der Waals surface area contributed by atoms with Gasteiger partial charge < -0.3 is 25.0 Å². The summed E-state index contributed by atoms with van der Waals surface area (Å²) in [7, 11) is 0. The normalized spacial score (nSPS) is 24.0. The molecule has 39 heavy (non-hydrogen) atoms. The lowest BCUT2D eigenvalue weighted by molar-refractivity contribution is -0.991. The summed E-state index contributed by atoms with van der Waals surface area (Å²) in [6.07, 6.45) is 1.97. The Hall–Kier alpha value is -3.99. The molecule has 0 saturated carbocycles. The Morgan fingerprint density at radius 2 is 2.03 bits per heavy atom. The van der Waals surface area contributed by atoms with Crippen molar-refractivity contribution < 1.29 is 15.2 Å². The van der Waals surface area contributed by atoms with Crippen LogP contribution in [-0.4, -0.2) is 44.8 Å². The zero-order valence-corrected chi connectivity index (χ0v) is 21.3. The van der Waals surface area contributed by atoms with Crippen LogP contribution in [0.25, 0.3) is 11.0 Å². The smallest absolute Gasteiger partial charge is 0.250 e. The fourth-order valence-electron chi connectivity index (χ4n) is 7.04. The average Bonchev–Trinajstić information content (AvgIpc) is 3.35. The standard InChI is InChI=1S/C29H30N6O4/c36-27-7-3-6-24-18-12-19(16-33(24)27)28-21(14-17-13-20(35(38)39)8-9-25(17)34(28)15-18)29(37)30-11-10-26-31-22-4-1-2-5-23(22)32-26/h1-9,13,18-19,21,28,35,38H,10-12,14-16H2,(H,30,37)(H,31,32)/t18?,19?,21-,28+/m1/s1. The van der Waals surface area contributed by atoms with Crippen molar-refractivity contribution in [3.05, 3.63) is 93.3 Å². The van der Waals surface area contributed by atoms with Crippen LogP contribution in [0.15, 0.2) is 65.5 Å². The van der Waals surface area contributed by atoms with Crippen LogP contribution >= 0.6 is 0 Å². The van der Waals surface area contributed by atoms with Crippen LogP contribution in [-0.2, 0) is 24.2 Å². The Morgan fingerprint density at radius 1 is 1.15 bits per heavy atom. The lowest BCUT2D eigenvalue weighted by atomic mass is 9.70. The maximum absolute atomic E-state index is 13.8. The number of nitrogens with zero attached hydrogens (tertiary/aromatic N) is 3. The zero-order chi connectivity index (χ0) is 26.7. The summed E-state index contributed by atoms with van der Waals surface area (Å²) in [5.41, 5.74) is 5.02. The first-order chi connectivity index (χ1) is 19.0. The second-order valence-electron chi connectivity index (χ2n) is 10.9. The number of piperidine rings is 1. The first-order valence-electron chi connectivity index (χ1n) is 13.5. The lowest BCUT2D eigenvalue weighted by Crippen LogP contribution is -2.99. The Balaban J connectivity index is 1.18. The third-order valence-electron chi connectivity index (χ3n) is 8.69. The molecule has 0 radical (unpaired) electrons. The van der Waals surface area contributed by atoms with Crippen molar-refractivity contribution >= 4 is 28.3 Å². The number of carbonyl (C=O) groups is 1. The molecule has 0 aliphatic carbocycles. The molecule has 200 valence electrons. The molecule has 7 rings (SSSR count). The summed E-state index contributed by atoms with van der Waals surface area (Å²) in [5.74, 6) is 0.730. The lowest BCUT2D eigenvalue weighted by Gasteiger charge is -2.54. The SMILES string of the molecule is O=C(NCCc1nc2ccccc2[nH]1)[C@@H]1Cc2cc([NH+]([O-])O)ccc2N2CC3CC(Cn4c3cccc4=O)[C@@H]12. The van der Waals surface area contributed by atoms with Crippen LogP contribution in [0.3, 0.4) is 0 Å². The second-order valence-corrected chi connectivity index (χ2v) is 10.9. The van der Waals surface area contributed by atoms with E-state index >= 15 is 0 Å². The van der Waals surface area contributed by atoms with Gasteiger partial charge in [-0.1, -0.05) is 18.2 Å². The van der Waals surface area contributed by atoms with Gasteiger partial charge in [-0.25, -0.2) is 10.2 Å². The number of H-pyrrole nitrogens is 1. The van der Waals surface area contributed by atoms with Gasteiger partial charge in [0.2, 0.25) is 5.91 Å². The molecule has 3 aliphatic rings. The van der Waals surface area contributed by atoms with E-state index in [1.807, 2.05) is 47.0 Å². The average molecular weight is 527 g/mol. The van der Waals surface area contributed by atoms with Crippen molar-refractivity contribution in [1.29, 1.82) is 0 Å². The molecule has 5 atom stereocenters. The van der Waals surface area contributed by atoms with Gasteiger partial charge >= 0.3 is 0 Å². The maximum Gasteiger partial charge on any atom is 0.250 e. The number of carbonyl (C=O) groups excluding carboxylic acids is 1. The molecule has 5 heterocycles. The number of aromatic amines is 1. The first-order valence-corrected chi connectivity index (χ1v) is 13.5. The molecule has 2 aromatic carbocycles. The van der Waals surface area contributed by atoms with E-state index in [2.05, 4.69) is 20.2 Å². The Kier molecular flexibility index (Phi) is 5.76. The van der Waals surface area contributed by atoms with Crippen LogP contribution in [0.1, 0.15) is 29.4 Å². The van der Waals surface area contributed by atoms with Gasteiger partial charge in [-0.05, 0) is 48.6 Å². The molecule has 4 N–H and O–H groups in total. The van der Waals surface area contributed by atoms with E-state index in [4.69, 9.17) is 0 Å². The minimum absolute atomic E-state index is 0.00444. The molecule has 1 fully saturated rings. The maximum atomic E-state index is 13.8. The zero-order valence-electron chi connectivity index (χ0n) is 21.3. The van der Waals surface area contributed by atoms with Crippen LogP contribution in [0.4, 0.5) is 11.4 Å². The van der Waals surface area contributed by atoms with Gasteiger partial charge in [0.25, 0.3) is 5.56 Å². The Morgan fingerprint density at radius 3 is 2.87 bits per heavy atom. The summed E-state index contributed by atoms with van der Waals surface area (Å²) >= 11 is 0. The highest BCUT2D eigenvalue weighted by atomic mass is 16.8. The molecule has 0 spiro atoms. The predicted octanol–water partition coefficient (Wildman–Crippen LogP) is 1.65. The number of quaternary nitrogens is 1. The number of aromatic nitrogens is 3. The number of hydrogen-bond acceptors (Lipinski definition) is 6. The van der Waals surface area contributed by atoms with E-state index in [9.17, 15) is 20.0 Å². The van der Waals surface area contributed by atoms with Crippen molar-refractivity contribution in [2.24, 2.45) is 11.8 Å². The van der Waals surface area contributed by atoms with Crippen LogP contribution in [0, 0.1) is 17.0 Å². The number of benzene rings is 2. The minimum atomic E-state index is -0.976. The number of para-hydroxylation sites is 2. The number of fused-ring (bicyclic) bond motifs is 9. The van der Waals surface area contributed by atoms with E-state index in [0.29, 0.717) is 32.5 Å². The third kappa shape index (κ3) is 4.12. The van der Waals surface area contributed by atoms with Crippen molar-refractivity contribution in [1.82, 2.24) is 19.9 Å². The van der Waals surface area contributed by atoms with Crippen molar-refractivity contribution in [3.8, 4) is 0 Å². The van der Waals surface area contributed by atoms with E-state index in [1.165, 1.54) is 0 Å². The van der Waals surface area contributed by atoms with Crippen LogP contribution in [0.5, 0.6) is 0 Å². The summed E-state index contributed by atoms with van der Waals surface area (Å²) in [6, 6.07) is 18.5. The van der Waals surface area contributed by atoms with Crippen molar-refractivity contribution in [3.63, 3.8) is 0 Å². The highest BCUT2D eigenvalue weighted by Crippen LogP contribution is 2.47. The molecule has 4 aromatic rings. The van der Waals surface area contributed by atoms with E-state index < -0.39 is 5.23 Å². The molecule has 1 amide bonds. The number of pyridine rings is 1. The summed E-state index contributed by atoms with van der Waals surface area (Å²) in [6.45, 7) is 1.71. The van der Waals surface area contributed by atoms with Gasteiger partial charge in [0.15, 0.2) is 5.69 Å². The molecular formula is C29H30N6O4. The first kappa shape index (κ1) is 24.1. The quantitative estimate of drug-likeness (QED) is 0.293. The molecule has 3 unspecified atom stereocenters. The summed E-state index contributed by atoms with van der Waals surface area (Å²) < 4.78 is 1.88. The van der Waals surface area contributed by atoms with E-state index in [1.54, 1.807) is 18.2 Å². The molecule has 2 aromatic heterocycles.